The summed E-state index contributed by atoms with van der Waals surface area (Å²) >= 11 is 1.58. The number of nitrogens with one attached hydrogen (secondary N) is 1. The highest BCUT2D eigenvalue weighted by atomic mass is 35.5. The van der Waals surface area contributed by atoms with Gasteiger partial charge in [0, 0.05) is 4.90 Å². The molecule has 0 saturated heterocycles. The number of hydrogen-bond acceptors (Lipinski definition) is 3. The number of halogens is 1. The van der Waals surface area contributed by atoms with Gasteiger partial charge in [-0.25, -0.2) is 5.84 Å². The molecule has 1 aromatic carbocycles. The topological polar surface area (TPSA) is 55.1 Å². The Hall–Kier alpha value is -0.710. The lowest BCUT2D eigenvalue weighted by Crippen LogP contribution is -2.37. The fourth-order valence-corrected chi connectivity index (χ4v) is 2.63. The van der Waals surface area contributed by atoms with Crippen LogP contribution in [0.3, 0.4) is 0 Å². The number of thioether (sulfide) groups is 1. The van der Waals surface area contributed by atoms with E-state index in [1.165, 1.54) is 10.5 Å². The molecule has 1 amide bonds. The summed E-state index contributed by atoms with van der Waals surface area (Å²) in [4.78, 5) is 12.4. The SMILES string of the molecule is Cl.NNC(=O)C1Cc2ccccc2S1. The Morgan fingerprint density at radius 1 is 1.50 bits per heavy atom. The van der Waals surface area contributed by atoms with Gasteiger partial charge in [-0.15, -0.1) is 24.2 Å². The van der Waals surface area contributed by atoms with E-state index in [4.69, 9.17) is 5.84 Å². The van der Waals surface area contributed by atoms with Gasteiger partial charge >= 0.3 is 0 Å². The number of rotatable bonds is 1. The van der Waals surface area contributed by atoms with Crippen molar-refractivity contribution < 1.29 is 4.79 Å². The van der Waals surface area contributed by atoms with Crippen LogP contribution >= 0.6 is 24.2 Å². The fraction of sp³-hybridized carbons (Fsp3) is 0.222. The van der Waals surface area contributed by atoms with E-state index in [-0.39, 0.29) is 23.6 Å². The molecule has 1 heterocycles. The van der Waals surface area contributed by atoms with Crippen molar-refractivity contribution >= 4 is 30.1 Å². The summed E-state index contributed by atoms with van der Waals surface area (Å²) in [6, 6.07) is 8.05. The van der Waals surface area contributed by atoms with E-state index in [9.17, 15) is 4.79 Å². The van der Waals surface area contributed by atoms with E-state index < -0.39 is 0 Å². The molecule has 0 saturated carbocycles. The van der Waals surface area contributed by atoms with E-state index in [2.05, 4.69) is 5.43 Å². The average Bonchev–Trinajstić information content (AvgIpc) is 2.59. The molecule has 1 aromatic rings. The third kappa shape index (κ3) is 2.03. The normalized spacial score (nSPS) is 18.2. The van der Waals surface area contributed by atoms with Crippen molar-refractivity contribution in [3.05, 3.63) is 29.8 Å². The molecule has 3 nitrogen and oxygen atoms in total. The first-order chi connectivity index (χ1) is 6.31. The van der Waals surface area contributed by atoms with Crippen molar-refractivity contribution in [1.29, 1.82) is 0 Å². The van der Waals surface area contributed by atoms with Crippen molar-refractivity contribution in [3.8, 4) is 0 Å². The fourth-order valence-electron chi connectivity index (χ4n) is 1.42. The van der Waals surface area contributed by atoms with Crippen molar-refractivity contribution in [2.45, 2.75) is 16.6 Å². The van der Waals surface area contributed by atoms with Crippen LogP contribution in [0.25, 0.3) is 0 Å². The molecule has 0 bridgehead atoms. The molecule has 0 fully saturated rings. The van der Waals surface area contributed by atoms with Crippen LogP contribution < -0.4 is 11.3 Å². The maximum Gasteiger partial charge on any atom is 0.247 e. The quantitative estimate of drug-likeness (QED) is 0.432. The molecule has 0 spiro atoms. The highest BCUT2D eigenvalue weighted by Gasteiger charge is 2.27. The smallest absolute Gasteiger partial charge is 0.247 e. The number of carbonyl (C=O) groups is 1. The number of nitrogens with two attached hydrogens (primary N) is 1. The number of hydrogen-bond donors (Lipinski definition) is 2. The van der Waals surface area contributed by atoms with Crippen LogP contribution in [0.2, 0.25) is 0 Å². The molecular weight excluding hydrogens is 220 g/mol. The number of fused-ring (bicyclic) bond motifs is 1. The lowest BCUT2D eigenvalue weighted by molar-refractivity contribution is -0.120. The Kier molecular flexibility index (Phi) is 3.80. The van der Waals surface area contributed by atoms with Crippen LogP contribution in [0.4, 0.5) is 0 Å². The van der Waals surface area contributed by atoms with Crippen LogP contribution in [-0.2, 0) is 11.2 Å². The summed E-state index contributed by atoms with van der Waals surface area (Å²) in [6.07, 6.45) is 0.782. The minimum absolute atomic E-state index is 0. The van der Waals surface area contributed by atoms with Gasteiger partial charge in [-0.1, -0.05) is 18.2 Å². The van der Waals surface area contributed by atoms with Crippen molar-refractivity contribution in [1.82, 2.24) is 5.43 Å². The van der Waals surface area contributed by atoms with Crippen LogP contribution in [0, 0.1) is 0 Å². The van der Waals surface area contributed by atoms with E-state index >= 15 is 0 Å². The third-order valence-corrected chi connectivity index (χ3v) is 3.40. The van der Waals surface area contributed by atoms with Gasteiger partial charge in [0.05, 0.1) is 5.25 Å². The van der Waals surface area contributed by atoms with Crippen molar-refractivity contribution in [3.63, 3.8) is 0 Å². The standard InChI is InChI=1S/C9H10N2OS.ClH/c10-11-9(12)8-5-6-3-1-2-4-7(6)13-8;/h1-4,8H,5,10H2,(H,11,12);1H. The van der Waals surface area contributed by atoms with Gasteiger partial charge in [-0.2, -0.15) is 0 Å². The molecule has 1 aliphatic heterocycles. The Morgan fingerprint density at radius 3 is 2.86 bits per heavy atom. The van der Waals surface area contributed by atoms with Crippen LogP contribution in [0.5, 0.6) is 0 Å². The van der Waals surface area contributed by atoms with Gasteiger partial charge in [0.25, 0.3) is 0 Å². The molecule has 0 radical (unpaired) electrons. The minimum atomic E-state index is -0.0961. The molecule has 76 valence electrons. The summed E-state index contributed by atoms with van der Waals surface area (Å²) in [5.74, 6) is 4.98. The van der Waals surface area contributed by atoms with E-state index in [0.717, 1.165) is 6.42 Å². The Balaban J connectivity index is 0.000000980. The number of carbonyl (C=O) groups excluding carboxylic acids is 1. The summed E-state index contributed by atoms with van der Waals surface area (Å²) in [6.45, 7) is 0. The van der Waals surface area contributed by atoms with Crippen LogP contribution in [0.1, 0.15) is 5.56 Å². The third-order valence-electron chi connectivity index (χ3n) is 2.08. The molecule has 5 heteroatoms. The second-order valence-corrected chi connectivity index (χ2v) is 4.17. The predicted molar refractivity (Wildman–Crippen MR) is 59.4 cm³/mol. The Labute approximate surface area is 92.8 Å². The minimum Gasteiger partial charge on any atom is -0.293 e. The molecule has 0 aromatic heterocycles. The van der Waals surface area contributed by atoms with Crippen LogP contribution in [-0.4, -0.2) is 11.2 Å². The molecular formula is C9H11ClN2OS. The van der Waals surface area contributed by atoms with Gasteiger partial charge in [0.15, 0.2) is 0 Å². The van der Waals surface area contributed by atoms with Crippen molar-refractivity contribution in [2.75, 3.05) is 0 Å². The average molecular weight is 231 g/mol. The summed E-state index contributed by atoms with van der Waals surface area (Å²) in [5, 5.41) is -0.0533. The van der Waals surface area contributed by atoms with E-state index in [1.807, 2.05) is 24.3 Å². The summed E-state index contributed by atoms with van der Waals surface area (Å²) in [5.41, 5.74) is 3.42. The molecule has 3 N–H and O–H groups in total. The molecule has 0 aliphatic carbocycles. The largest absolute Gasteiger partial charge is 0.293 e. The van der Waals surface area contributed by atoms with E-state index in [0.29, 0.717) is 0 Å². The number of benzene rings is 1. The second kappa shape index (κ2) is 4.68. The first-order valence-electron chi connectivity index (χ1n) is 4.06. The van der Waals surface area contributed by atoms with Crippen LogP contribution in [0.15, 0.2) is 29.2 Å². The summed E-state index contributed by atoms with van der Waals surface area (Å²) in [7, 11) is 0. The molecule has 1 atom stereocenters. The molecule has 2 rings (SSSR count). The van der Waals surface area contributed by atoms with Gasteiger partial charge in [0.1, 0.15) is 0 Å². The highest BCUT2D eigenvalue weighted by molar-refractivity contribution is 8.01. The monoisotopic (exact) mass is 230 g/mol. The maximum atomic E-state index is 11.2. The zero-order valence-electron chi connectivity index (χ0n) is 7.40. The molecule has 1 unspecified atom stereocenters. The van der Waals surface area contributed by atoms with Gasteiger partial charge in [-0.05, 0) is 18.1 Å². The lowest BCUT2D eigenvalue weighted by atomic mass is 10.1. The maximum absolute atomic E-state index is 11.2. The van der Waals surface area contributed by atoms with Gasteiger partial charge < -0.3 is 0 Å². The zero-order valence-corrected chi connectivity index (χ0v) is 9.03. The van der Waals surface area contributed by atoms with E-state index in [1.54, 1.807) is 11.8 Å². The molecule has 1 aliphatic rings. The zero-order chi connectivity index (χ0) is 9.26. The number of hydrazine groups is 1. The predicted octanol–water partition coefficient (Wildman–Crippen LogP) is 1.12. The number of amides is 1. The Morgan fingerprint density at radius 2 is 2.21 bits per heavy atom. The lowest BCUT2D eigenvalue weighted by Gasteiger charge is -2.04. The Bertz CT molecular complexity index is 320. The first kappa shape index (κ1) is 11.4. The molecule has 14 heavy (non-hydrogen) atoms. The second-order valence-electron chi connectivity index (χ2n) is 2.93. The van der Waals surface area contributed by atoms with Gasteiger partial charge in [-0.3, -0.25) is 10.2 Å². The highest BCUT2D eigenvalue weighted by Crippen LogP contribution is 2.36. The summed E-state index contributed by atoms with van der Waals surface area (Å²) < 4.78 is 0. The van der Waals surface area contributed by atoms with Gasteiger partial charge in [0.2, 0.25) is 5.91 Å². The van der Waals surface area contributed by atoms with Crippen molar-refractivity contribution in [2.24, 2.45) is 5.84 Å². The first-order valence-corrected chi connectivity index (χ1v) is 4.94.